The Labute approximate surface area is 192 Å². The molecule has 9 heteroatoms. The molecule has 7 nitrogen and oxygen atoms in total. The molecule has 1 aromatic heterocycles. The molecule has 0 saturated carbocycles. The number of ether oxygens (including phenoxy) is 1. The third-order valence-electron chi connectivity index (χ3n) is 5.53. The normalized spacial score (nSPS) is 14.7. The van der Waals surface area contributed by atoms with Crippen LogP contribution in [0.1, 0.15) is 18.9 Å². The molecule has 1 amide bonds. The van der Waals surface area contributed by atoms with Crippen molar-refractivity contribution >= 4 is 42.4 Å². The molecule has 2 heterocycles. The molecule has 0 radical (unpaired) electrons. The van der Waals surface area contributed by atoms with Crippen molar-refractivity contribution in [2.75, 3.05) is 43.4 Å². The fraction of sp³-hybridized carbons (Fsp3) is 0.391. The predicted octanol–water partition coefficient (Wildman–Crippen LogP) is 3.52. The lowest BCUT2D eigenvalue weighted by atomic mass is 10.2. The Bertz CT molecular complexity index is 1200. The van der Waals surface area contributed by atoms with Gasteiger partial charge in [0.15, 0.2) is 15.0 Å². The van der Waals surface area contributed by atoms with Gasteiger partial charge >= 0.3 is 0 Å². The van der Waals surface area contributed by atoms with Crippen LogP contribution in [0.3, 0.4) is 0 Å². The van der Waals surface area contributed by atoms with Crippen molar-refractivity contribution in [1.29, 1.82) is 0 Å². The average Bonchev–Trinajstić information content (AvgIpc) is 3.22. The second-order valence-electron chi connectivity index (χ2n) is 7.81. The van der Waals surface area contributed by atoms with Crippen LogP contribution in [-0.2, 0) is 14.6 Å². The molecule has 3 aromatic rings. The third kappa shape index (κ3) is 5.05. The fourth-order valence-electron chi connectivity index (χ4n) is 3.67. The Morgan fingerprint density at radius 3 is 2.50 bits per heavy atom. The van der Waals surface area contributed by atoms with E-state index in [9.17, 15) is 13.2 Å². The van der Waals surface area contributed by atoms with Crippen LogP contribution >= 0.6 is 11.3 Å². The van der Waals surface area contributed by atoms with Crippen molar-refractivity contribution in [3.05, 3.63) is 48.0 Å². The van der Waals surface area contributed by atoms with E-state index in [1.165, 1.54) is 0 Å². The van der Waals surface area contributed by atoms with Gasteiger partial charge in [-0.25, -0.2) is 13.4 Å². The number of benzene rings is 2. The summed E-state index contributed by atoms with van der Waals surface area (Å²) in [6, 6.07) is 12.6. The monoisotopic (exact) mass is 473 g/mol. The summed E-state index contributed by atoms with van der Waals surface area (Å²) in [6.07, 6.45) is -0.00243. The van der Waals surface area contributed by atoms with Gasteiger partial charge in [0.05, 0.1) is 27.5 Å². The summed E-state index contributed by atoms with van der Waals surface area (Å²) in [5.41, 5.74) is 1.94. The summed E-state index contributed by atoms with van der Waals surface area (Å²) in [5, 5.41) is 0.933. The lowest BCUT2D eigenvalue weighted by molar-refractivity contribution is -0.131. The minimum atomic E-state index is -3.46. The summed E-state index contributed by atoms with van der Waals surface area (Å²) in [7, 11) is -3.46. The molecule has 4 rings (SSSR count). The number of thiazole rings is 1. The number of anilines is 1. The van der Waals surface area contributed by atoms with Crippen LogP contribution in [0.25, 0.3) is 10.2 Å². The average molecular weight is 474 g/mol. The maximum atomic E-state index is 12.6. The van der Waals surface area contributed by atoms with Crippen molar-refractivity contribution < 1.29 is 17.9 Å². The highest BCUT2D eigenvalue weighted by atomic mass is 32.2. The van der Waals surface area contributed by atoms with E-state index in [0.717, 1.165) is 26.7 Å². The Morgan fingerprint density at radius 2 is 1.81 bits per heavy atom. The number of aromatic nitrogens is 1. The van der Waals surface area contributed by atoms with Crippen molar-refractivity contribution in [2.45, 2.75) is 25.2 Å². The Hall–Kier alpha value is -2.65. The number of amides is 1. The number of hydrogen-bond donors (Lipinski definition) is 0. The molecule has 170 valence electrons. The molecular weight excluding hydrogens is 446 g/mol. The maximum Gasteiger partial charge on any atom is 0.223 e. The Balaban J connectivity index is 1.32. The van der Waals surface area contributed by atoms with Gasteiger partial charge in [-0.3, -0.25) is 4.79 Å². The van der Waals surface area contributed by atoms with Crippen LogP contribution in [0.15, 0.2) is 47.4 Å². The number of aryl methyl sites for hydroxylation is 1. The molecule has 0 atom stereocenters. The first-order valence-corrected chi connectivity index (χ1v) is 13.2. The van der Waals surface area contributed by atoms with Gasteiger partial charge in [-0.05, 0) is 44.2 Å². The van der Waals surface area contributed by atoms with E-state index >= 15 is 0 Å². The van der Waals surface area contributed by atoms with E-state index in [4.69, 9.17) is 9.72 Å². The summed E-state index contributed by atoms with van der Waals surface area (Å²) in [6.45, 7) is 6.96. The minimum absolute atomic E-state index is 0.00243. The summed E-state index contributed by atoms with van der Waals surface area (Å²) < 4.78 is 31.7. The number of nitrogens with zero attached hydrogens (tertiary/aromatic N) is 3. The van der Waals surface area contributed by atoms with Crippen molar-refractivity contribution in [3.8, 4) is 5.75 Å². The highest BCUT2D eigenvalue weighted by Gasteiger charge is 2.25. The first-order valence-electron chi connectivity index (χ1n) is 10.7. The highest BCUT2D eigenvalue weighted by Crippen LogP contribution is 2.32. The second-order valence-corrected chi connectivity index (χ2v) is 10.9. The number of hydrogen-bond acceptors (Lipinski definition) is 7. The minimum Gasteiger partial charge on any atom is -0.494 e. The Morgan fingerprint density at radius 1 is 1.09 bits per heavy atom. The Kier molecular flexibility index (Phi) is 6.66. The standard InChI is InChI=1S/C23H27N3O4S2/c1-3-30-18-6-9-20-21(16-18)31-23(24-20)26-13-11-25(12-14-26)22(27)10-15-32(28,29)19-7-4-17(2)5-8-19/h4-9,16H,3,10-15H2,1-2H3. The molecule has 32 heavy (non-hydrogen) atoms. The number of rotatable bonds is 7. The van der Waals surface area contributed by atoms with E-state index < -0.39 is 9.84 Å². The number of carbonyl (C=O) groups excluding carboxylic acids is 1. The van der Waals surface area contributed by atoms with E-state index in [0.29, 0.717) is 32.8 Å². The van der Waals surface area contributed by atoms with Crippen molar-refractivity contribution in [2.24, 2.45) is 0 Å². The molecule has 1 saturated heterocycles. The molecule has 0 N–H and O–H groups in total. The molecule has 0 unspecified atom stereocenters. The van der Waals surface area contributed by atoms with Crippen molar-refractivity contribution in [3.63, 3.8) is 0 Å². The van der Waals surface area contributed by atoms with Crippen molar-refractivity contribution in [1.82, 2.24) is 9.88 Å². The first kappa shape index (κ1) is 22.5. The molecular formula is C23H27N3O4S2. The van der Waals surface area contributed by atoms with Crippen LogP contribution in [0.4, 0.5) is 5.13 Å². The van der Waals surface area contributed by atoms with Gasteiger partial charge in [0.1, 0.15) is 5.75 Å². The van der Waals surface area contributed by atoms with Crippen LogP contribution in [0.2, 0.25) is 0 Å². The van der Waals surface area contributed by atoms with Gasteiger partial charge in [0.2, 0.25) is 5.91 Å². The maximum absolute atomic E-state index is 12.6. The van der Waals surface area contributed by atoms with Gasteiger partial charge in [-0.15, -0.1) is 0 Å². The van der Waals surface area contributed by atoms with E-state index in [-0.39, 0.29) is 23.0 Å². The zero-order valence-corrected chi connectivity index (χ0v) is 19.9. The highest BCUT2D eigenvalue weighted by molar-refractivity contribution is 7.91. The molecule has 0 bridgehead atoms. The van der Waals surface area contributed by atoms with Crippen LogP contribution in [0, 0.1) is 6.92 Å². The topological polar surface area (TPSA) is 79.8 Å². The quantitative estimate of drug-likeness (QED) is 0.522. The second kappa shape index (κ2) is 9.46. The number of fused-ring (bicyclic) bond motifs is 1. The summed E-state index contributed by atoms with van der Waals surface area (Å²) in [5.74, 6) is 0.548. The molecule has 0 aliphatic carbocycles. The third-order valence-corrected chi connectivity index (χ3v) is 8.34. The fourth-order valence-corrected chi connectivity index (χ4v) is 5.95. The van der Waals surface area contributed by atoms with E-state index in [1.54, 1.807) is 40.5 Å². The molecule has 1 aliphatic rings. The smallest absolute Gasteiger partial charge is 0.223 e. The molecule has 1 aliphatic heterocycles. The largest absolute Gasteiger partial charge is 0.494 e. The summed E-state index contributed by atoms with van der Waals surface area (Å²) >= 11 is 1.62. The zero-order chi connectivity index (χ0) is 22.7. The number of sulfone groups is 1. The van der Waals surface area contributed by atoms with E-state index in [2.05, 4.69) is 4.90 Å². The number of carbonyl (C=O) groups is 1. The first-order chi connectivity index (χ1) is 15.4. The molecule has 0 spiro atoms. The SMILES string of the molecule is CCOc1ccc2nc(N3CCN(C(=O)CCS(=O)(=O)c4ccc(C)cc4)CC3)sc2c1. The predicted molar refractivity (Wildman–Crippen MR) is 127 cm³/mol. The number of piperazine rings is 1. The van der Waals surface area contributed by atoms with E-state index in [1.807, 2.05) is 32.0 Å². The van der Waals surface area contributed by atoms with Gasteiger partial charge in [-0.1, -0.05) is 29.0 Å². The van der Waals surface area contributed by atoms with Gasteiger partial charge < -0.3 is 14.5 Å². The van der Waals surface area contributed by atoms with Gasteiger partial charge in [-0.2, -0.15) is 0 Å². The molecule has 1 fully saturated rings. The van der Waals surface area contributed by atoms with Crippen LogP contribution in [0.5, 0.6) is 5.75 Å². The van der Waals surface area contributed by atoms with Crippen LogP contribution in [-0.4, -0.2) is 62.7 Å². The van der Waals surface area contributed by atoms with Crippen LogP contribution < -0.4 is 9.64 Å². The zero-order valence-electron chi connectivity index (χ0n) is 18.3. The van der Waals surface area contributed by atoms with Gasteiger partial charge in [0.25, 0.3) is 0 Å². The van der Waals surface area contributed by atoms with Gasteiger partial charge in [0, 0.05) is 32.6 Å². The summed E-state index contributed by atoms with van der Waals surface area (Å²) in [4.78, 5) is 21.5. The molecule has 2 aromatic carbocycles. The lowest BCUT2D eigenvalue weighted by Crippen LogP contribution is -2.49. The lowest BCUT2D eigenvalue weighted by Gasteiger charge is -2.34.